The second kappa shape index (κ2) is 9.80. The van der Waals surface area contributed by atoms with Gasteiger partial charge in [-0.25, -0.2) is 9.78 Å². The van der Waals surface area contributed by atoms with Crippen molar-refractivity contribution in [1.29, 1.82) is 0 Å². The lowest BCUT2D eigenvalue weighted by atomic mass is 10.2. The number of ether oxygens (including phenoxy) is 1. The summed E-state index contributed by atoms with van der Waals surface area (Å²) >= 11 is 7.63. The predicted octanol–water partition coefficient (Wildman–Crippen LogP) is 3.69. The molecule has 172 valence electrons. The van der Waals surface area contributed by atoms with Gasteiger partial charge in [-0.15, -0.1) is 0 Å². The maximum atomic E-state index is 13.2. The van der Waals surface area contributed by atoms with E-state index in [4.69, 9.17) is 21.3 Å². The van der Waals surface area contributed by atoms with E-state index in [1.807, 2.05) is 36.7 Å². The van der Waals surface area contributed by atoms with Crippen LogP contribution in [0.2, 0.25) is 5.02 Å². The highest BCUT2D eigenvalue weighted by molar-refractivity contribution is 7.98. The minimum Gasteiger partial charge on any atom is -0.464 e. The lowest BCUT2D eigenvalue weighted by molar-refractivity contribution is 0.0593. The van der Waals surface area contributed by atoms with Crippen LogP contribution in [0.4, 0.5) is 0 Å². The Morgan fingerprint density at radius 3 is 2.67 bits per heavy atom. The summed E-state index contributed by atoms with van der Waals surface area (Å²) in [6, 6.07) is 8.89. The zero-order valence-corrected chi connectivity index (χ0v) is 20.1. The van der Waals surface area contributed by atoms with Crippen LogP contribution >= 0.6 is 23.4 Å². The number of para-hydroxylation sites is 1. The van der Waals surface area contributed by atoms with Gasteiger partial charge >= 0.3 is 5.97 Å². The van der Waals surface area contributed by atoms with E-state index in [0.29, 0.717) is 46.5 Å². The molecule has 3 heterocycles. The van der Waals surface area contributed by atoms with Crippen LogP contribution < -0.4 is 5.56 Å². The smallest absolute Gasteiger partial charge is 0.358 e. The molecule has 0 aliphatic rings. The van der Waals surface area contributed by atoms with E-state index >= 15 is 0 Å². The first-order chi connectivity index (χ1) is 15.9. The maximum absolute atomic E-state index is 13.2. The fourth-order valence-corrected chi connectivity index (χ4v) is 4.52. The molecule has 0 radical (unpaired) electrons. The normalized spacial score (nSPS) is 11.3. The van der Waals surface area contributed by atoms with Crippen LogP contribution in [0.5, 0.6) is 0 Å². The highest BCUT2D eigenvalue weighted by atomic mass is 35.5. The first-order valence-corrected chi connectivity index (χ1v) is 11.7. The van der Waals surface area contributed by atoms with Crippen molar-refractivity contribution < 1.29 is 9.53 Å². The Hall–Kier alpha value is -3.11. The van der Waals surface area contributed by atoms with Crippen LogP contribution in [0.25, 0.3) is 10.9 Å². The number of methoxy groups -OCH3 is 1. The zero-order chi connectivity index (χ0) is 23.5. The van der Waals surface area contributed by atoms with Gasteiger partial charge in [0.1, 0.15) is 0 Å². The number of hydrogen-bond acceptors (Lipinski definition) is 7. The molecule has 0 N–H and O–H groups in total. The highest BCUT2D eigenvalue weighted by Gasteiger charge is 2.14. The Morgan fingerprint density at radius 1 is 1.15 bits per heavy atom. The van der Waals surface area contributed by atoms with Crippen LogP contribution in [-0.2, 0) is 23.7 Å². The lowest BCUT2D eigenvalue weighted by Crippen LogP contribution is -2.24. The second-order valence-electron chi connectivity index (χ2n) is 7.44. The summed E-state index contributed by atoms with van der Waals surface area (Å²) < 4.78 is 9.86. The van der Waals surface area contributed by atoms with Gasteiger partial charge in [0.15, 0.2) is 10.9 Å². The summed E-state index contributed by atoms with van der Waals surface area (Å²) in [5, 5.41) is 10.5. The van der Waals surface area contributed by atoms with E-state index in [9.17, 15) is 9.59 Å². The number of fused-ring (bicyclic) bond motifs is 1. The largest absolute Gasteiger partial charge is 0.464 e. The molecule has 0 aliphatic carbocycles. The van der Waals surface area contributed by atoms with Crippen molar-refractivity contribution in [2.45, 2.75) is 44.4 Å². The SMILES string of the molecule is COC(=O)c1ccn(CSc2nc3ccccc3c(=O)n2CCCn2nc(C)c(Cl)c2C)n1. The van der Waals surface area contributed by atoms with Crippen LogP contribution in [0.3, 0.4) is 0 Å². The van der Waals surface area contributed by atoms with Crippen molar-refractivity contribution in [1.82, 2.24) is 29.1 Å². The van der Waals surface area contributed by atoms with Gasteiger partial charge in [0.25, 0.3) is 5.56 Å². The number of aryl methyl sites for hydroxylation is 2. The highest BCUT2D eigenvalue weighted by Crippen LogP contribution is 2.21. The quantitative estimate of drug-likeness (QED) is 0.213. The van der Waals surface area contributed by atoms with E-state index in [0.717, 1.165) is 11.4 Å². The first-order valence-electron chi connectivity index (χ1n) is 10.3. The number of carbonyl (C=O) groups is 1. The van der Waals surface area contributed by atoms with Gasteiger partial charge < -0.3 is 4.74 Å². The number of carbonyl (C=O) groups excluding carboxylic acids is 1. The zero-order valence-electron chi connectivity index (χ0n) is 18.5. The average Bonchev–Trinajstić information content (AvgIpc) is 3.39. The molecule has 1 aromatic carbocycles. The fraction of sp³-hybridized carbons (Fsp3) is 0.318. The minimum absolute atomic E-state index is 0.0924. The third-order valence-electron chi connectivity index (χ3n) is 5.23. The van der Waals surface area contributed by atoms with Gasteiger partial charge in [-0.05, 0) is 38.5 Å². The molecule has 0 unspecified atom stereocenters. The lowest BCUT2D eigenvalue weighted by Gasteiger charge is -2.13. The summed E-state index contributed by atoms with van der Waals surface area (Å²) in [5.74, 6) is -0.113. The third kappa shape index (κ3) is 4.81. The molecule has 4 aromatic rings. The van der Waals surface area contributed by atoms with Crippen LogP contribution in [-0.4, -0.2) is 42.2 Å². The van der Waals surface area contributed by atoms with Gasteiger partial charge in [-0.2, -0.15) is 10.2 Å². The molecule has 0 aliphatic heterocycles. The number of rotatable bonds is 8. The van der Waals surface area contributed by atoms with Gasteiger partial charge in [0.05, 0.1) is 40.3 Å². The van der Waals surface area contributed by atoms with Gasteiger partial charge in [0.2, 0.25) is 0 Å². The molecule has 4 rings (SSSR count). The van der Waals surface area contributed by atoms with Crippen molar-refractivity contribution in [2.24, 2.45) is 0 Å². The number of aromatic nitrogens is 6. The minimum atomic E-state index is -0.497. The number of hydrogen-bond donors (Lipinski definition) is 0. The van der Waals surface area contributed by atoms with Crippen molar-refractivity contribution >= 4 is 40.2 Å². The van der Waals surface area contributed by atoms with Gasteiger partial charge in [-0.1, -0.05) is 35.5 Å². The number of nitrogens with zero attached hydrogens (tertiary/aromatic N) is 6. The predicted molar refractivity (Wildman–Crippen MR) is 127 cm³/mol. The van der Waals surface area contributed by atoms with E-state index in [1.165, 1.54) is 18.9 Å². The Kier molecular flexibility index (Phi) is 6.85. The van der Waals surface area contributed by atoms with E-state index in [2.05, 4.69) is 10.2 Å². The molecule has 33 heavy (non-hydrogen) atoms. The summed E-state index contributed by atoms with van der Waals surface area (Å²) in [5.41, 5.74) is 2.48. The Labute approximate surface area is 199 Å². The Bertz CT molecular complexity index is 1380. The van der Waals surface area contributed by atoms with Crippen molar-refractivity contribution in [3.63, 3.8) is 0 Å². The molecule has 0 spiro atoms. The summed E-state index contributed by atoms with van der Waals surface area (Å²) in [7, 11) is 1.31. The van der Waals surface area contributed by atoms with Crippen molar-refractivity contribution in [3.8, 4) is 0 Å². The van der Waals surface area contributed by atoms with Crippen LogP contribution in [0.1, 0.15) is 28.3 Å². The molecular formula is C22H23ClN6O3S. The van der Waals surface area contributed by atoms with E-state index in [-0.39, 0.29) is 11.3 Å². The van der Waals surface area contributed by atoms with Crippen molar-refractivity contribution in [2.75, 3.05) is 7.11 Å². The topological polar surface area (TPSA) is 96.8 Å². The first kappa shape index (κ1) is 23.1. The molecule has 0 saturated heterocycles. The fourth-order valence-electron chi connectivity index (χ4n) is 3.50. The Morgan fingerprint density at radius 2 is 1.94 bits per heavy atom. The van der Waals surface area contributed by atoms with Crippen molar-refractivity contribution in [3.05, 3.63) is 69.0 Å². The molecule has 0 saturated carbocycles. The number of thioether (sulfide) groups is 1. The summed E-state index contributed by atoms with van der Waals surface area (Å²) in [6.45, 7) is 4.91. The molecule has 0 fully saturated rings. The van der Waals surface area contributed by atoms with Gasteiger partial charge in [0, 0.05) is 19.3 Å². The van der Waals surface area contributed by atoms with E-state index < -0.39 is 5.97 Å². The molecular weight excluding hydrogens is 464 g/mol. The molecule has 0 amide bonds. The summed E-state index contributed by atoms with van der Waals surface area (Å²) in [6.07, 6.45) is 2.37. The monoisotopic (exact) mass is 486 g/mol. The molecule has 3 aromatic heterocycles. The number of benzene rings is 1. The van der Waals surface area contributed by atoms with Gasteiger partial charge in [-0.3, -0.25) is 18.7 Å². The number of esters is 1. The third-order valence-corrected chi connectivity index (χ3v) is 6.74. The molecule has 9 nitrogen and oxygen atoms in total. The molecule has 0 atom stereocenters. The molecule has 0 bridgehead atoms. The summed E-state index contributed by atoms with van der Waals surface area (Å²) in [4.78, 5) is 29.6. The molecule has 11 heteroatoms. The van der Waals surface area contributed by atoms with Crippen LogP contribution in [0.15, 0.2) is 46.5 Å². The average molecular weight is 487 g/mol. The standard InChI is InChI=1S/C22H23ClN6O3S/c1-14-19(23)15(2)29(25-14)11-6-10-28-20(30)16-7-4-5-8-17(16)24-22(28)33-13-27-12-9-18(26-27)21(31)32-3/h4-5,7-9,12H,6,10-11,13H2,1-3H3. The second-order valence-corrected chi connectivity index (χ2v) is 8.73. The van der Waals surface area contributed by atoms with E-state index in [1.54, 1.807) is 27.6 Å². The maximum Gasteiger partial charge on any atom is 0.358 e. The van der Waals surface area contributed by atoms with Crippen LogP contribution in [0, 0.1) is 13.8 Å². The Balaban J connectivity index is 1.57. The number of halogens is 1.